The third kappa shape index (κ3) is 2.23. The Morgan fingerprint density at radius 3 is 2.50 bits per heavy atom. The number of hydrogen-bond acceptors (Lipinski definition) is 4. The predicted octanol–water partition coefficient (Wildman–Crippen LogP) is 3.59. The second kappa shape index (κ2) is 5.09. The highest BCUT2D eigenvalue weighted by Gasteiger charge is 2.10. The van der Waals surface area contributed by atoms with Gasteiger partial charge in [-0.15, -0.1) is 0 Å². The number of hydrogen-bond donors (Lipinski definition) is 0. The van der Waals surface area contributed by atoms with Gasteiger partial charge in [0.1, 0.15) is 5.75 Å². The summed E-state index contributed by atoms with van der Waals surface area (Å²) in [7, 11) is 1.53. The Morgan fingerprint density at radius 2 is 1.75 bits per heavy atom. The first kappa shape index (κ1) is 12.3. The van der Waals surface area contributed by atoms with E-state index in [0.717, 1.165) is 5.39 Å². The molecular formula is C16H12O4. The number of rotatable bonds is 3. The van der Waals surface area contributed by atoms with Crippen LogP contribution in [0.1, 0.15) is 0 Å². The minimum atomic E-state index is -0.536. The highest BCUT2D eigenvalue weighted by atomic mass is 16.5. The molecule has 100 valence electrons. The molecule has 0 fully saturated rings. The molecule has 0 aliphatic rings. The fourth-order valence-corrected chi connectivity index (χ4v) is 1.95. The molecule has 1 heterocycles. The van der Waals surface area contributed by atoms with E-state index in [1.54, 1.807) is 24.3 Å². The minimum absolute atomic E-state index is 0.150. The van der Waals surface area contributed by atoms with E-state index in [-0.39, 0.29) is 5.75 Å². The smallest absolute Gasteiger partial charge is 0.379 e. The Morgan fingerprint density at radius 1 is 0.950 bits per heavy atom. The zero-order valence-corrected chi connectivity index (χ0v) is 10.8. The molecule has 0 spiro atoms. The van der Waals surface area contributed by atoms with Crippen molar-refractivity contribution < 1.29 is 13.9 Å². The van der Waals surface area contributed by atoms with Gasteiger partial charge >= 0.3 is 5.63 Å². The standard InChI is InChI=1S/C16H12O4/c1-18-13-9-5-6-11-10-14(16(17)20-15(11)13)19-12-7-3-2-4-8-12/h2-10H,1H3. The normalized spacial score (nSPS) is 10.4. The molecule has 0 N–H and O–H groups in total. The second-order valence-corrected chi connectivity index (χ2v) is 4.19. The van der Waals surface area contributed by atoms with Crippen LogP contribution in [0.15, 0.2) is 63.8 Å². The van der Waals surface area contributed by atoms with Gasteiger partial charge in [-0.25, -0.2) is 4.79 Å². The lowest BCUT2D eigenvalue weighted by Crippen LogP contribution is -2.03. The maximum Gasteiger partial charge on any atom is 0.379 e. The number of fused-ring (bicyclic) bond motifs is 1. The molecule has 0 aliphatic carbocycles. The number of benzene rings is 2. The summed E-state index contributed by atoms with van der Waals surface area (Å²) >= 11 is 0. The quantitative estimate of drug-likeness (QED) is 0.681. The van der Waals surface area contributed by atoms with Crippen molar-refractivity contribution in [3.8, 4) is 17.2 Å². The van der Waals surface area contributed by atoms with Crippen molar-refractivity contribution in [1.29, 1.82) is 0 Å². The van der Waals surface area contributed by atoms with Crippen LogP contribution >= 0.6 is 0 Å². The summed E-state index contributed by atoms with van der Waals surface area (Å²) in [6, 6.07) is 16.1. The van der Waals surface area contributed by atoms with E-state index >= 15 is 0 Å². The van der Waals surface area contributed by atoms with E-state index < -0.39 is 5.63 Å². The fourth-order valence-electron chi connectivity index (χ4n) is 1.95. The summed E-state index contributed by atoms with van der Waals surface area (Å²) in [6.45, 7) is 0. The number of methoxy groups -OCH3 is 1. The van der Waals surface area contributed by atoms with Crippen molar-refractivity contribution in [1.82, 2.24) is 0 Å². The van der Waals surface area contributed by atoms with E-state index in [4.69, 9.17) is 13.9 Å². The van der Waals surface area contributed by atoms with Crippen LogP contribution in [0.4, 0.5) is 0 Å². The predicted molar refractivity (Wildman–Crippen MR) is 75.6 cm³/mol. The van der Waals surface area contributed by atoms with Gasteiger partial charge < -0.3 is 13.9 Å². The molecule has 1 aromatic heterocycles. The van der Waals surface area contributed by atoms with E-state index in [1.807, 2.05) is 30.3 Å². The lowest BCUT2D eigenvalue weighted by Gasteiger charge is -2.07. The molecule has 20 heavy (non-hydrogen) atoms. The summed E-state index contributed by atoms with van der Waals surface area (Å²) in [4.78, 5) is 12.0. The van der Waals surface area contributed by atoms with E-state index in [9.17, 15) is 4.79 Å². The lowest BCUT2D eigenvalue weighted by molar-refractivity contribution is 0.399. The summed E-state index contributed by atoms with van der Waals surface area (Å²) in [5.74, 6) is 1.25. The minimum Gasteiger partial charge on any atom is -0.493 e. The van der Waals surface area contributed by atoms with Crippen molar-refractivity contribution in [2.75, 3.05) is 7.11 Å². The van der Waals surface area contributed by atoms with Gasteiger partial charge in [0.25, 0.3) is 0 Å². The van der Waals surface area contributed by atoms with E-state index in [2.05, 4.69) is 0 Å². The van der Waals surface area contributed by atoms with Gasteiger partial charge in [-0.1, -0.05) is 30.3 Å². The third-order valence-corrected chi connectivity index (χ3v) is 2.88. The molecule has 0 unspecified atom stereocenters. The Kier molecular flexibility index (Phi) is 3.13. The molecule has 0 radical (unpaired) electrons. The van der Waals surface area contributed by atoms with Crippen molar-refractivity contribution in [2.45, 2.75) is 0 Å². The topological polar surface area (TPSA) is 48.7 Å². The monoisotopic (exact) mass is 268 g/mol. The Hall–Kier alpha value is -2.75. The first-order chi connectivity index (χ1) is 9.78. The molecule has 0 saturated carbocycles. The molecule has 0 bridgehead atoms. The van der Waals surface area contributed by atoms with Crippen molar-refractivity contribution in [3.05, 3.63) is 65.0 Å². The van der Waals surface area contributed by atoms with Crippen LogP contribution in [-0.2, 0) is 0 Å². The fraction of sp³-hybridized carbons (Fsp3) is 0.0625. The van der Waals surface area contributed by atoms with Crippen molar-refractivity contribution in [2.24, 2.45) is 0 Å². The largest absolute Gasteiger partial charge is 0.493 e. The zero-order chi connectivity index (χ0) is 13.9. The number of ether oxygens (including phenoxy) is 2. The van der Waals surface area contributed by atoms with Crippen LogP contribution in [0, 0.1) is 0 Å². The molecule has 0 atom stereocenters. The van der Waals surface area contributed by atoms with Crippen LogP contribution in [0.5, 0.6) is 17.2 Å². The highest BCUT2D eigenvalue weighted by molar-refractivity contribution is 5.83. The second-order valence-electron chi connectivity index (χ2n) is 4.19. The summed E-state index contributed by atoms with van der Waals surface area (Å²) in [6.07, 6.45) is 0. The molecule has 0 aliphatic heterocycles. The van der Waals surface area contributed by atoms with Gasteiger partial charge in [-0.3, -0.25) is 0 Å². The van der Waals surface area contributed by atoms with Gasteiger partial charge in [0.15, 0.2) is 11.3 Å². The van der Waals surface area contributed by atoms with Gasteiger partial charge in [-0.2, -0.15) is 0 Å². The van der Waals surface area contributed by atoms with Crippen LogP contribution in [0.2, 0.25) is 0 Å². The summed E-state index contributed by atoms with van der Waals surface area (Å²) in [5.41, 5.74) is -0.119. The zero-order valence-electron chi connectivity index (χ0n) is 10.8. The van der Waals surface area contributed by atoms with Gasteiger partial charge in [0, 0.05) is 5.39 Å². The lowest BCUT2D eigenvalue weighted by atomic mass is 10.2. The SMILES string of the molecule is COc1cccc2cc(Oc3ccccc3)c(=O)oc12. The first-order valence-electron chi connectivity index (χ1n) is 6.12. The van der Waals surface area contributed by atoms with E-state index in [0.29, 0.717) is 17.1 Å². The molecule has 2 aromatic carbocycles. The molecule has 0 saturated heterocycles. The van der Waals surface area contributed by atoms with Gasteiger partial charge in [-0.05, 0) is 24.3 Å². The van der Waals surface area contributed by atoms with Crippen molar-refractivity contribution >= 4 is 11.0 Å². The molecule has 4 heteroatoms. The Bertz CT molecular complexity index is 790. The van der Waals surface area contributed by atoms with E-state index in [1.165, 1.54) is 7.11 Å². The Labute approximate surface area is 115 Å². The summed E-state index contributed by atoms with van der Waals surface area (Å²) in [5, 5.41) is 0.745. The molecule has 3 aromatic rings. The molecule has 4 nitrogen and oxygen atoms in total. The molecular weight excluding hydrogens is 256 g/mol. The number of para-hydroxylation sites is 2. The van der Waals surface area contributed by atoms with Crippen LogP contribution in [-0.4, -0.2) is 7.11 Å². The maximum atomic E-state index is 12.0. The van der Waals surface area contributed by atoms with Gasteiger partial charge in [0.2, 0.25) is 5.75 Å². The highest BCUT2D eigenvalue weighted by Crippen LogP contribution is 2.27. The summed E-state index contributed by atoms with van der Waals surface area (Å²) < 4.78 is 16.0. The van der Waals surface area contributed by atoms with Crippen LogP contribution in [0.3, 0.4) is 0 Å². The molecule has 0 amide bonds. The average molecular weight is 268 g/mol. The average Bonchev–Trinajstić information content (AvgIpc) is 2.48. The van der Waals surface area contributed by atoms with Crippen LogP contribution in [0.25, 0.3) is 11.0 Å². The van der Waals surface area contributed by atoms with Crippen molar-refractivity contribution in [3.63, 3.8) is 0 Å². The third-order valence-electron chi connectivity index (χ3n) is 2.88. The first-order valence-corrected chi connectivity index (χ1v) is 6.12. The van der Waals surface area contributed by atoms with Crippen LogP contribution < -0.4 is 15.1 Å². The molecule has 3 rings (SSSR count). The maximum absolute atomic E-state index is 12.0. The van der Waals surface area contributed by atoms with Gasteiger partial charge in [0.05, 0.1) is 7.11 Å². The Balaban J connectivity index is 2.09.